The Morgan fingerprint density at radius 3 is 2.78 bits per heavy atom. The number of anilines is 2. The molecule has 3 fully saturated rings. The van der Waals surface area contributed by atoms with Crippen molar-refractivity contribution in [3.8, 4) is 0 Å². The zero-order valence-corrected chi connectivity index (χ0v) is 22.3. The van der Waals surface area contributed by atoms with E-state index in [2.05, 4.69) is 24.9 Å². The number of rotatable bonds is 2. The number of aliphatic hydroxyl groups is 1. The monoisotopic (exact) mass is 591 g/mol. The summed E-state index contributed by atoms with van der Waals surface area (Å²) in [7, 11) is -4.40. The minimum absolute atomic E-state index is 0.0438. The van der Waals surface area contributed by atoms with Crippen LogP contribution in [0.2, 0.25) is 0 Å². The Hall–Kier alpha value is -3.48. The highest BCUT2D eigenvalue weighted by atomic mass is 31.2. The number of aromatic nitrogens is 7. The molecule has 4 aromatic rings. The third kappa shape index (κ3) is 4.39. The van der Waals surface area contributed by atoms with Gasteiger partial charge < -0.3 is 45.0 Å². The van der Waals surface area contributed by atoms with Crippen molar-refractivity contribution in [1.82, 2.24) is 34.1 Å². The van der Waals surface area contributed by atoms with Crippen molar-refractivity contribution in [2.75, 3.05) is 24.4 Å². The molecule has 8 atom stereocenters. The molecule has 3 aliphatic heterocycles. The number of ether oxygens (including phenoxy) is 4. The summed E-state index contributed by atoms with van der Waals surface area (Å²) in [6.07, 6.45) is -3.51. The normalized spacial score (nSPS) is 34.2. The molecule has 0 saturated carbocycles. The quantitative estimate of drug-likeness (QED) is 0.184. The SMILES string of the molecule is Cc1cn(C2OC3COC4C(OCP(=O)(O)O[C@H]2C3)OC(n2cnc3c(N)ncnc32)C4O)c2nc(N)[nH]c(=O)c12. The van der Waals surface area contributed by atoms with E-state index in [0.29, 0.717) is 22.1 Å². The van der Waals surface area contributed by atoms with Gasteiger partial charge in [-0.3, -0.25) is 23.4 Å². The Labute approximate surface area is 229 Å². The number of nitrogens with one attached hydrogen (secondary N) is 1. The van der Waals surface area contributed by atoms with E-state index in [4.69, 9.17) is 34.9 Å². The molecule has 0 aromatic carbocycles. The molecule has 18 nitrogen and oxygen atoms in total. The number of aromatic amines is 1. The second kappa shape index (κ2) is 9.53. The minimum atomic E-state index is -4.40. The number of nitrogens with zero attached hydrogens (tertiary/aromatic N) is 6. The van der Waals surface area contributed by atoms with E-state index in [1.807, 2.05) is 0 Å². The fourth-order valence-electron chi connectivity index (χ4n) is 5.56. The largest absolute Gasteiger partial charge is 0.385 e. The van der Waals surface area contributed by atoms with Crippen LogP contribution in [0.5, 0.6) is 0 Å². The lowest BCUT2D eigenvalue weighted by molar-refractivity contribution is -0.185. The van der Waals surface area contributed by atoms with Gasteiger partial charge in [0.1, 0.15) is 30.2 Å². The first kappa shape index (κ1) is 26.4. The predicted octanol–water partition coefficient (Wildman–Crippen LogP) is -0.516. The molecule has 7 heterocycles. The summed E-state index contributed by atoms with van der Waals surface area (Å²) in [6.45, 7) is 1.68. The molecule has 0 amide bonds. The van der Waals surface area contributed by atoms with Crippen LogP contribution in [-0.2, 0) is 28.0 Å². The number of nitrogens with two attached hydrogens (primary N) is 2. The first-order chi connectivity index (χ1) is 19.6. The van der Waals surface area contributed by atoms with E-state index in [1.54, 1.807) is 17.7 Å². The van der Waals surface area contributed by atoms with Gasteiger partial charge in [0.25, 0.3) is 5.56 Å². The van der Waals surface area contributed by atoms with Gasteiger partial charge in [0.2, 0.25) is 5.95 Å². The maximum absolute atomic E-state index is 13.2. The Balaban J connectivity index is 1.19. The van der Waals surface area contributed by atoms with Gasteiger partial charge in [-0.05, 0) is 12.5 Å². The molecule has 41 heavy (non-hydrogen) atoms. The first-order valence-electron chi connectivity index (χ1n) is 12.6. The summed E-state index contributed by atoms with van der Waals surface area (Å²) < 4.78 is 45.7. The van der Waals surface area contributed by atoms with Crippen molar-refractivity contribution < 1.29 is 38.0 Å². The molecular formula is C22H26N9O9P. The highest BCUT2D eigenvalue weighted by Crippen LogP contribution is 2.50. The van der Waals surface area contributed by atoms with E-state index < -0.39 is 62.7 Å². The highest BCUT2D eigenvalue weighted by molar-refractivity contribution is 7.52. The Kier molecular flexibility index (Phi) is 6.14. The molecule has 2 bridgehead atoms. The number of aliphatic hydroxyl groups excluding tert-OH is 1. The number of hydrogen-bond acceptors (Lipinski definition) is 14. The van der Waals surface area contributed by atoms with Crippen LogP contribution in [0.4, 0.5) is 11.8 Å². The summed E-state index contributed by atoms with van der Waals surface area (Å²) in [5.74, 6) is 0.0569. The van der Waals surface area contributed by atoms with Crippen molar-refractivity contribution in [2.45, 2.75) is 56.5 Å². The zero-order chi connectivity index (χ0) is 28.6. The predicted molar refractivity (Wildman–Crippen MR) is 138 cm³/mol. The standard InChI is InChI=1S/C22H26N9O9P/c1-8-3-30(16-11(8)18(33)29-22(24)28-16)19-10-2-9(38-19)4-36-14-13(32)20(39-21(14)37-7-41(34,35)40-10)31-6-27-12-15(23)25-5-26-17(12)31/h3,5-6,9-10,13-14,19-21,32H,2,4,7H2,1H3,(H,34,35)(H2,23,25,26)(H3,24,28,29,33)/t9?,10-,13?,14?,19?,20?,21?/m0/s1. The van der Waals surface area contributed by atoms with Crippen LogP contribution in [-0.4, -0.2) is 87.7 Å². The van der Waals surface area contributed by atoms with E-state index >= 15 is 0 Å². The van der Waals surface area contributed by atoms with E-state index in [-0.39, 0.29) is 30.4 Å². The smallest absolute Gasteiger partial charge is 0.354 e. The number of hydrogen-bond donors (Lipinski definition) is 5. The number of H-pyrrole nitrogens is 1. The van der Waals surface area contributed by atoms with Gasteiger partial charge in [-0.2, -0.15) is 4.98 Å². The number of imidazole rings is 1. The van der Waals surface area contributed by atoms with Crippen molar-refractivity contribution in [2.24, 2.45) is 0 Å². The molecule has 0 aliphatic carbocycles. The Bertz CT molecular complexity index is 1760. The average Bonchev–Trinajstić information content (AvgIpc) is 3.65. The topological polar surface area (TPSA) is 250 Å². The van der Waals surface area contributed by atoms with Gasteiger partial charge in [0, 0.05) is 12.6 Å². The Morgan fingerprint density at radius 2 is 1.95 bits per heavy atom. The molecule has 0 spiro atoms. The molecule has 0 radical (unpaired) electrons. The van der Waals surface area contributed by atoms with Crippen molar-refractivity contribution in [1.29, 1.82) is 0 Å². The van der Waals surface area contributed by atoms with E-state index in [9.17, 15) is 19.4 Å². The maximum atomic E-state index is 13.2. The molecule has 7 unspecified atom stereocenters. The number of fused-ring (bicyclic) bond motifs is 5. The molecule has 3 aliphatic rings. The van der Waals surface area contributed by atoms with Crippen molar-refractivity contribution >= 4 is 41.6 Å². The number of aryl methyl sites for hydroxylation is 1. The molecule has 7 N–H and O–H groups in total. The second-order valence-corrected chi connectivity index (χ2v) is 11.8. The highest BCUT2D eigenvalue weighted by Gasteiger charge is 2.50. The lowest BCUT2D eigenvalue weighted by Gasteiger charge is -2.26. The third-order valence-corrected chi connectivity index (χ3v) is 8.39. The van der Waals surface area contributed by atoms with Crippen LogP contribution in [0.1, 0.15) is 24.4 Å². The summed E-state index contributed by atoms with van der Waals surface area (Å²) in [4.78, 5) is 42.3. The van der Waals surface area contributed by atoms with Crippen LogP contribution in [0.3, 0.4) is 0 Å². The van der Waals surface area contributed by atoms with Gasteiger partial charge in [-0.1, -0.05) is 0 Å². The molecule has 218 valence electrons. The fourth-order valence-corrected chi connectivity index (χ4v) is 6.57. The zero-order valence-electron chi connectivity index (χ0n) is 21.4. The number of nitrogen functional groups attached to an aromatic ring is 2. The van der Waals surface area contributed by atoms with Gasteiger partial charge in [-0.25, -0.2) is 15.0 Å². The van der Waals surface area contributed by atoms with Crippen LogP contribution >= 0.6 is 7.60 Å². The van der Waals surface area contributed by atoms with Crippen LogP contribution in [0.15, 0.2) is 23.6 Å². The Morgan fingerprint density at radius 1 is 1.12 bits per heavy atom. The lowest BCUT2D eigenvalue weighted by Crippen LogP contribution is -2.38. The third-order valence-electron chi connectivity index (χ3n) is 7.32. The van der Waals surface area contributed by atoms with E-state index in [0.717, 1.165) is 0 Å². The fraction of sp³-hybridized carbons (Fsp3) is 0.500. The van der Waals surface area contributed by atoms with Crippen LogP contribution < -0.4 is 17.0 Å². The molecule has 7 rings (SSSR count). The second-order valence-electron chi connectivity index (χ2n) is 10.1. The summed E-state index contributed by atoms with van der Waals surface area (Å²) in [6, 6.07) is 0. The van der Waals surface area contributed by atoms with Gasteiger partial charge in [-0.15, -0.1) is 0 Å². The lowest BCUT2D eigenvalue weighted by atomic mass is 10.2. The van der Waals surface area contributed by atoms with Gasteiger partial charge >= 0.3 is 7.60 Å². The van der Waals surface area contributed by atoms with Crippen molar-refractivity contribution in [3.05, 3.63) is 34.8 Å². The van der Waals surface area contributed by atoms with E-state index in [1.165, 1.54) is 17.2 Å². The summed E-state index contributed by atoms with van der Waals surface area (Å²) in [5.41, 5.74) is 12.7. The molecule has 4 aromatic heterocycles. The first-order valence-corrected chi connectivity index (χ1v) is 14.4. The molecule has 19 heteroatoms. The van der Waals surface area contributed by atoms with Crippen LogP contribution in [0.25, 0.3) is 22.2 Å². The average molecular weight is 591 g/mol. The maximum Gasteiger partial charge on any atom is 0.354 e. The molecule has 3 saturated heterocycles. The summed E-state index contributed by atoms with van der Waals surface area (Å²) in [5, 5.41) is 11.5. The summed E-state index contributed by atoms with van der Waals surface area (Å²) >= 11 is 0. The minimum Gasteiger partial charge on any atom is -0.385 e. The van der Waals surface area contributed by atoms with Gasteiger partial charge in [0.05, 0.1) is 24.4 Å². The van der Waals surface area contributed by atoms with Crippen LogP contribution in [0, 0.1) is 6.92 Å². The van der Waals surface area contributed by atoms with Crippen molar-refractivity contribution in [3.63, 3.8) is 0 Å². The van der Waals surface area contributed by atoms with Gasteiger partial charge in [0.15, 0.2) is 42.2 Å². The molecular weight excluding hydrogens is 565 g/mol.